The molecule has 1 aliphatic heterocycles. The molecule has 0 aromatic rings. The van der Waals surface area contributed by atoms with E-state index in [1.807, 2.05) is 16.7 Å². The van der Waals surface area contributed by atoms with Crippen molar-refractivity contribution in [3.05, 3.63) is 0 Å². The van der Waals surface area contributed by atoms with Gasteiger partial charge in [0.1, 0.15) is 0 Å². The minimum Gasteiger partial charge on any atom is -0.337 e. The number of nitrogens with zero attached hydrogens (tertiary/aromatic N) is 1. The summed E-state index contributed by atoms with van der Waals surface area (Å²) in [7, 11) is 0. The smallest absolute Gasteiger partial charge is 0.224 e. The Kier molecular flexibility index (Phi) is 3.57. The first-order valence-electron chi connectivity index (χ1n) is 5.89. The molecule has 0 aromatic carbocycles. The zero-order chi connectivity index (χ0) is 10.8. The van der Waals surface area contributed by atoms with E-state index in [1.165, 1.54) is 19.3 Å². The van der Waals surface area contributed by atoms with Crippen molar-refractivity contribution in [3.8, 4) is 0 Å². The van der Waals surface area contributed by atoms with Gasteiger partial charge in [-0.15, -0.1) is 0 Å². The summed E-state index contributed by atoms with van der Waals surface area (Å²) in [5.74, 6) is 1.42. The van der Waals surface area contributed by atoms with Crippen LogP contribution >= 0.6 is 11.8 Å². The van der Waals surface area contributed by atoms with Crippen LogP contribution in [0.4, 0.5) is 0 Å². The second kappa shape index (κ2) is 4.74. The van der Waals surface area contributed by atoms with Gasteiger partial charge in [-0.1, -0.05) is 13.3 Å². The Hall–Kier alpha value is -0.220. The van der Waals surface area contributed by atoms with E-state index in [0.29, 0.717) is 17.7 Å². The maximum atomic E-state index is 11.8. The molecular formula is C11H20N2OS. The molecule has 1 amide bonds. The van der Waals surface area contributed by atoms with E-state index < -0.39 is 0 Å². The van der Waals surface area contributed by atoms with Crippen molar-refractivity contribution in [2.75, 3.05) is 12.3 Å². The lowest BCUT2D eigenvalue weighted by molar-refractivity contribution is -0.129. The molecule has 0 radical (unpaired) electrons. The molecule has 3 unspecified atom stereocenters. The van der Waals surface area contributed by atoms with Crippen LogP contribution in [0.15, 0.2) is 0 Å². The molecular weight excluding hydrogens is 208 g/mol. The number of amides is 1. The molecule has 1 heterocycles. The van der Waals surface area contributed by atoms with E-state index in [9.17, 15) is 4.79 Å². The van der Waals surface area contributed by atoms with Crippen LogP contribution in [0.1, 0.15) is 32.6 Å². The van der Waals surface area contributed by atoms with Gasteiger partial charge in [-0.2, -0.15) is 11.8 Å². The minimum atomic E-state index is 0.0744. The Morgan fingerprint density at radius 2 is 2.33 bits per heavy atom. The van der Waals surface area contributed by atoms with Gasteiger partial charge in [0, 0.05) is 30.3 Å². The van der Waals surface area contributed by atoms with Crippen LogP contribution in [0, 0.1) is 0 Å². The number of rotatable bonds is 3. The molecule has 2 aliphatic rings. The number of thioether (sulfide) groups is 1. The third-order valence-corrected chi connectivity index (χ3v) is 4.70. The van der Waals surface area contributed by atoms with Crippen LogP contribution in [0.3, 0.4) is 0 Å². The second-order valence-electron chi connectivity index (χ2n) is 4.50. The highest BCUT2D eigenvalue weighted by Gasteiger charge is 2.38. The first-order chi connectivity index (χ1) is 7.22. The Morgan fingerprint density at radius 3 is 2.93 bits per heavy atom. The van der Waals surface area contributed by atoms with Gasteiger partial charge in [0.05, 0.1) is 0 Å². The number of carbonyl (C=O) groups excluding carboxylic acids is 1. The van der Waals surface area contributed by atoms with Crippen LogP contribution < -0.4 is 5.73 Å². The van der Waals surface area contributed by atoms with E-state index in [-0.39, 0.29) is 11.9 Å². The van der Waals surface area contributed by atoms with Gasteiger partial charge in [-0.25, -0.2) is 0 Å². The molecule has 3 atom stereocenters. The summed E-state index contributed by atoms with van der Waals surface area (Å²) in [5, 5.41) is 0.657. The highest BCUT2D eigenvalue weighted by molar-refractivity contribution is 7.99. The monoisotopic (exact) mass is 228 g/mol. The van der Waals surface area contributed by atoms with Crippen molar-refractivity contribution in [3.63, 3.8) is 0 Å². The molecule has 86 valence electrons. The molecule has 15 heavy (non-hydrogen) atoms. The molecule has 4 heteroatoms. The van der Waals surface area contributed by atoms with Crippen molar-refractivity contribution in [1.29, 1.82) is 0 Å². The number of carbonyl (C=O) groups is 1. The summed E-state index contributed by atoms with van der Waals surface area (Å²) < 4.78 is 0. The van der Waals surface area contributed by atoms with Crippen molar-refractivity contribution in [2.24, 2.45) is 5.73 Å². The molecule has 2 rings (SSSR count). The molecule has 2 N–H and O–H groups in total. The van der Waals surface area contributed by atoms with E-state index in [1.54, 1.807) is 0 Å². The summed E-state index contributed by atoms with van der Waals surface area (Å²) in [6.07, 6.45) is 4.26. The fraction of sp³-hybridized carbons (Fsp3) is 0.909. The van der Waals surface area contributed by atoms with E-state index >= 15 is 0 Å². The maximum absolute atomic E-state index is 11.8. The molecule has 1 saturated carbocycles. The first-order valence-corrected chi connectivity index (χ1v) is 6.94. The minimum absolute atomic E-state index is 0.0744. The molecule has 1 aliphatic carbocycles. The van der Waals surface area contributed by atoms with Crippen LogP contribution in [-0.2, 0) is 4.79 Å². The van der Waals surface area contributed by atoms with Crippen molar-refractivity contribution in [2.45, 2.75) is 49.9 Å². The van der Waals surface area contributed by atoms with Crippen molar-refractivity contribution >= 4 is 17.7 Å². The lowest BCUT2D eigenvalue weighted by atomic mass is 10.2. The van der Waals surface area contributed by atoms with Gasteiger partial charge in [0.2, 0.25) is 5.91 Å². The molecule has 0 aromatic heterocycles. The average molecular weight is 228 g/mol. The SMILES string of the molecule is CCSC1CCCC1N1CC(N)CC1=O. The summed E-state index contributed by atoms with van der Waals surface area (Å²) in [5.41, 5.74) is 5.83. The lowest BCUT2D eigenvalue weighted by Crippen LogP contribution is -2.41. The summed E-state index contributed by atoms with van der Waals surface area (Å²) >= 11 is 2.00. The Bertz CT molecular complexity index is 247. The van der Waals surface area contributed by atoms with Gasteiger partial charge < -0.3 is 10.6 Å². The molecule has 2 fully saturated rings. The maximum Gasteiger partial charge on any atom is 0.224 e. The van der Waals surface area contributed by atoms with Gasteiger partial charge in [-0.3, -0.25) is 4.79 Å². The zero-order valence-electron chi connectivity index (χ0n) is 9.32. The molecule has 3 nitrogen and oxygen atoms in total. The third kappa shape index (κ3) is 2.31. The van der Waals surface area contributed by atoms with Crippen LogP contribution in [0.2, 0.25) is 0 Å². The predicted molar refractivity (Wildman–Crippen MR) is 63.9 cm³/mol. The molecule has 0 spiro atoms. The largest absolute Gasteiger partial charge is 0.337 e. The quantitative estimate of drug-likeness (QED) is 0.790. The van der Waals surface area contributed by atoms with Crippen molar-refractivity contribution < 1.29 is 4.79 Å². The Labute approximate surface area is 95.8 Å². The summed E-state index contributed by atoms with van der Waals surface area (Å²) in [4.78, 5) is 13.8. The highest BCUT2D eigenvalue weighted by Crippen LogP contribution is 2.35. The standard InChI is InChI=1S/C11H20N2OS/c1-2-15-10-5-3-4-9(10)13-7-8(12)6-11(13)14/h8-10H,2-7,12H2,1H3. The van der Waals surface area contributed by atoms with Crippen LogP contribution in [0.5, 0.6) is 0 Å². The fourth-order valence-corrected chi connectivity index (χ4v) is 4.02. The van der Waals surface area contributed by atoms with Crippen molar-refractivity contribution in [1.82, 2.24) is 4.90 Å². The van der Waals surface area contributed by atoms with E-state index in [4.69, 9.17) is 5.73 Å². The number of hydrogen-bond donors (Lipinski definition) is 1. The topological polar surface area (TPSA) is 46.3 Å². The summed E-state index contributed by atoms with van der Waals surface area (Å²) in [6, 6.07) is 0.543. The molecule has 1 saturated heterocycles. The second-order valence-corrected chi connectivity index (χ2v) is 6.02. The zero-order valence-corrected chi connectivity index (χ0v) is 10.1. The third-order valence-electron chi connectivity index (χ3n) is 3.39. The van der Waals surface area contributed by atoms with Gasteiger partial charge in [-0.05, 0) is 18.6 Å². The van der Waals surface area contributed by atoms with E-state index in [0.717, 1.165) is 12.3 Å². The number of likely N-dealkylation sites (tertiary alicyclic amines) is 1. The predicted octanol–water partition coefficient (Wildman–Crippen LogP) is 1.22. The Morgan fingerprint density at radius 1 is 1.53 bits per heavy atom. The number of hydrogen-bond acceptors (Lipinski definition) is 3. The average Bonchev–Trinajstić information content (AvgIpc) is 2.73. The molecule has 0 bridgehead atoms. The van der Waals surface area contributed by atoms with Gasteiger partial charge >= 0.3 is 0 Å². The number of nitrogens with two attached hydrogens (primary N) is 1. The highest BCUT2D eigenvalue weighted by atomic mass is 32.2. The van der Waals surface area contributed by atoms with E-state index in [2.05, 4.69) is 6.92 Å². The lowest BCUT2D eigenvalue weighted by Gasteiger charge is -2.29. The summed E-state index contributed by atoms with van der Waals surface area (Å²) in [6.45, 7) is 2.97. The Balaban J connectivity index is 1.99. The van der Waals surface area contributed by atoms with Crippen LogP contribution in [-0.4, -0.2) is 40.4 Å². The van der Waals surface area contributed by atoms with Gasteiger partial charge in [0.15, 0.2) is 0 Å². The fourth-order valence-electron chi connectivity index (χ4n) is 2.75. The normalized spacial score (nSPS) is 36.5. The first kappa shape index (κ1) is 11.3. The van der Waals surface area contributed by atoms with Crippen LogP contribution in [0.25, 0.3) is 0 Å². The van der Waals surface area contributed by atoms with Gasteiger partial charge in [0.25, 0.3) is 0 Å².